The second kappa shape index (κ2) is 8.14. The van der Waals surface area contributed by atoms with Gasteiger partial charge in [-0.15, -0.1) is 0 Å². The molecule has 2 N–H and O–H groups in total. The number of hydrogen-bond donors (Lipinski definition) is 2. The normalized spacial score (nSPS) is 12.9. The summed E-state index contributed by atoms with van der Waals surface area (Å²) < 4.78 is 6.45. The number of ether oxygens (including phenoxy) is 1. The Labute approximate surface area is 154 Å². The van der Waals surface area contributed by atoms with Gasteiger partial charge in [0.15, 0.2) is 6.61 Å². The molecule has 0 spiro atoms. The Morgan fingerprint density at radius 1 is 1.12 bits per heavy atom. The van der Waals surface area contributed by atoms with Crippen molar-refractivity contribution in [2.45, 2.75) is 18.9 Å². The predicted molar refractivity (Wildman–Crippen MR) is 99.0 cm³/mol. The van der Waals surface area contributed by atoms with Gasteiger partial charge in [0.2, 0.25) is 0 Å². The lowest BCUT2D eigenvalue weighted by Crippen LogP contribution is -2.55. The van der Waals surface area contributed by atoms with Gasteiger partial charge in [-0.2, -0.15) is 0 Å². The zero-order valence-electron chi connectivity index (χ0n) is 13.2. The number of halogens is 1. The van der Waals surface area contributed by atoms with E-state index in [-0.39, 0.29) is 13.0 Å². The van der Waals surface area contributed by atoms with Gasteiger partial charge in [0.1, 0.15) is 11.3 Å². The molecule has 1 atom stereocenters. The summed E-state index contributed by atoms with van der Waals surface area (Å²) in [7, 11) is 0. The Bertz CT molecular complexity index is 703. The third kappa shape index (κ3) is 5.23. The molecule has 0 aliphatic rings. The van der Waals surface area contributed by atoms with Crippen molar-refractivity contribution < 1.29 is 19.4 Å². The van der Waals surface area contributed by atoms with Crippen LogP contribution >= 0.6 is 22.6 Å². The van der Waals surface area contributed by atoms with Crippen molar-refractivity contribution in [1.82, 2.24) is 5.32 Å². The monoisotopic (exact) mass is 439 g/mol. The highest BCUT2D eigenvalue weighted by Gasteiger charge is 2.35. The summed E-state index contributed by atoms with van der Waals surface area (Å²) in [5.41, 5.74) is -0.560. The first-order valence-electron chi connectivity index (χ1n) is 7.36. The maximum absolute atomic E-state index is 12.1. The molecule has 1 amide bonds. The Hall–Kier alpha value is -2.09. The van der Waals surface area contributed by atoms with E-state index in [2.05, 4.69) is 27.9 Å². The number of amides is 1. The maximum Gasteiger partial charge on any atom is 0.329 e. The zero-order valence-corrected chi connectivity index (χ0v) is 15.3. The van der Waals surface area contributed by atoms with Gasteiger partial charge in [-0.05, 0) is 59.3 Å². The van der Waals surface area contributed by atoms with Gasteiger partial charge in [0, 0.05) is 9.99 Å². The van der Waals surface area contributed by atoms with E-state index in [1.165, 1.54) is 6.92 Å². The van der Waals surface area contributed by atoms with Crippen LogP contribution in [0.2, 0.25) is 0 Å². The molecule has 126 valence electrons. The number of carbonyl (C=O) groups excluding carboxylic acids is 1. The molecule has 5 nitrogen and oxygen atoms in total. The van der Waals surface area contributed by atoms with Gasteiger partial charge in [-0.25, -0.2) is 4.79 Å². The van der Waals surface area contributed by atoms with E-state index < -0.39 is 17.4 Å². The molecule has 6 heteroatoms. The molecule has 0 bridgehead atoms. The molecular formula is C18H18INO4. The lowest BCUT2D eigenvalue weighted by Gasteiger charge is -2.26. The largest absolute Gasteiger partial charge is 0.484 e. The summed E-state index contributed by atoms with van der Waals surface area (Å²) in [6, 6.07) is 16.4. The predicted octanol–water partition coefficient (Wildman–Crippen LogP) is 2.87. The van der Waals surface area contributed by atoms with Crippen molar-refractivity contribution in [3.05, 3.63) is 63.7 Å². The van der Waals surface area contributed by atoms with Gasteiger partial charge in [-0.3, -0.25) is 4.79 Å². The van der Waals surface area contributed by atoms with Crippen LogP contribution in [0.5, 0.6) is 5.75 Å². The lowest BCUT2D eigenvalue weighted by atomic mass is 9.93. The Morgan fingerprint density at radius 2 is 1.75 bits per heavy atom. The first-order chi connectivity index (χ1) is 11.4. The fourth-order valence-electron chi connectivity index (χ4n) is 2.20. The van der Waals surface area contributed by atoms with Crippen LogP contribution in [0.4, 0.5) is 0 Å². The van der Waals surface area contributed by atoms with Gasteiger partial charge >= 0.3 is 5.97 Å². The van der Waals surface area contributed by atoms with Crippen LogP contribution in [0.15, 0.2) is 54.6 Å². The topological polar surface area (TPSA) is 75.6 Å². The molecule has 24 heavy (non-hydrogen) atoms. The van der Waals surface area contributed by atoms with E-state index in [4.69, 9.17) is 4.74 Å². The molecule has 1 unspecified atom stereocenters. The Balaban J connectivity index is 1.97. The fraction of sp³-hybridized carbons (Fsp3) is 0.222. The minimum absolute atomic E-state index is 0.193. The van der Waals surface area contributed by atoms with Crippen molar-refractivity contribution in [2.75, 3.05) is 6.61 Å². The van der Waals surface area contributed by atoms with Gasteiger partial charge < -0.3 is 15.2 Å². The lowest BCUT2D eigenvalue weighted by molar-refractivity contribution is -0.147. The van der Waals surface area contributed by atoms with Crippen LogP contribution in [-0.2, 0) is 16.0 Å². The number of aliphatic carboxylic acids is 1. The first kappa shape index (κ1) is 18.3. The van der Waals surface area contributed by atoms with E-state index in [9.17, 15) is 14.7 Å². The highest BCUT2D eigenvalue weighted by Crippen LogP contribution is 2.15. The Kier molecular flexibility index (Phi) is 6.19. The molecule has 0 aliphatic carbocycles. The van der Waals surface area contributed by atoms with Crippen LogP contribution in [0, 0.1) is 3.57 Å². The summed E-state index contributed by atoms with van der Waals surface area (Å²) in [6.07, 6.45) is 0.193. The average Bonchev–Trinajstić information content (AvgIpc) is 2.55. The summed E-state index contributed by atoms with van der Waals surface area (Å²) in [4.78, 5) is 23.7. The van der Waals surface area contributed by atoms with Gasteiger partial charge in [-0.1, -0.05) is 30.3 Å². The molecule has 2 aromatic carbocycles. The third-order valence-electron chi connectivity index (χ3n) is 3.47. The number of carboxylic acid groups (broad SMARTS) is 1. The molecule has 0 aliphatic heterocycles. The standard InChI is InChI=1S/C18H18INO4/c1-18(17(22)23,11-13-5-3-2-4-6-13)20-16(21)12-24-15-9-7-14(19)8-10-15/h2-10H,11-12H2,1H3,(H,20,21)(H,22,23). The third-order valence-corrected chi connectivity index (χ3v) is 4.19. The average molecular weight is 439 g/mol. The first-order valence-corrected chi connectivity index (χ1v) is 8.44. The molecule has 0 aromatic heterocycles. The molecule has 0 saturated heterocycles. The maximum atomic E-state index is 12.1. The summed E-state index contributed by atoms with van der Waals surface area (Å²) in [5, 5.41) is 12.1. The molecular weight excluding hydrogens is 421 g/mol. The van der Waals surface area contributed by atoms with Crippen molar-refractivity contribution in [1.29, 1.82) is 0 Å². The van der Waals surface area contributed by atoms with Crippen LogP contribution in [0.25, 0.3) is 0 Å². The van der Waals surface area contributed by atoms with Crippen molar-refractivity contribution in [2.24, 2.45) is 0 Å². The fourth-order valence-corrected chi connectivity index (χ4v) is 2.56. The van der Waals surface area contributed by atoms with Crippen molar-refractivity contribution in [3.63, 3.8) is 0 Å². The molecule has 0 radical (unpaired) electrons. The summed E-state index contributed by atoms with van der Waals surface area (Å²) in [5.74, 6) is -1.01. The van der Waals surface area contributed by atoms with Crippen LogP contribution in [0.3, 0.4) is 0 Å². The van der Waals surface area contributed by atoms with Crippen molar-refractivity contribution in [3.8, 4) is 5.75 Å². The molecule has 0 heterocycles. The van der Waals surface area contributed by atoms with Crippen molar-refractivity contribution >= 4 is 34.5 Å². The van der Waals surface area contributed by atoms with Crippen LogP contribution in [-0.4, -0.2) is 29.1 Å². The highest BCUT2D eigenvalue weighted by atomic mass is 127. The molecule has 0 fully saturated rings. The number of carbonyl (C=O) groups is 2. The van der Waals surface area contributed by atoms with E-state index >= 15 is 0 Å². The number of nitrogens with one attached hydrogen (secondary N) is 1. The second-order valence-corrected chi connectivity index (χ2v) is 6.84. The van der Waals surface area contributed by atoms with E-state index in [1.54, 1.807) is 12.1 Å². The van der Waals surface area contributed by atoms with E-state index in [0.717, 1.165) is 9.13 Å². The van der Waals surface area contributed by atoms with Gasteiger partial charge in [0.05, 0.1) is 0 Å². The Morgan fingerprint density at radius 3 is 2.33 bits per heavy atom. The number of carboxylic acids is 1. The minimum atomic E-state index is -1.39. The highest BCUT2D eigenvalue weighted by molar-refractivity contribution is 14.1. The minimum Gasteiger partial charge on any atom is -0.484 e. The van der Waals surface area contributed by atoms with Gasteiger partial charge in [0.25, 0.3) is 5.91 Å². The van der Waals surface area contributed by atoms with E-state index in [0.29, 0.717) is 5.75 Å². The summed E-state index contributed by atoms with van der Waals surface area (Å²) >= 11 is 2.17. The number of rotatable bonds is 7. The number of benzene rings is 2. The van der Waals surface area contributed by atoms with Crippen LogP contribution in [0.1, 0.15) is 12.5 Å². The smallest absolute Gasteiger partial charge is 0.329 e. The molecule has 2 rings (SSSR count). The quantitative estimate of drug-likeness (QED) is 0.651. The molecule has 0 saturated carbocycles. The SMILES string of the molecule is CC(Cc1ccccc1)(NC(=O)COc1ccc(I)cc1)C(=O)O. The van der Waals surface area contributed by atoms with E-state index in [1.807, 2.05) is 42.5 Å². The number of hydrogen-bond acceptors (Lipinski definition) is 3. The zero-order chi connectivity index (χ0) is 17.6. The second-order valence-electron chi connectivity index (χ2n) is 5.59. The summed E-state index contributed by atoms with van der Waals surface area (Å²) in [6.45, 7) is 1.25. The molecule has 2 aromatic rings. The van der Waals surface area contributed by atoms with Crippen LogP contribution < -0.4 is 10.1 Å².